The lowest BCUT2D eigenvalue weighted by molar-refractivity contribution is 0.126. The first kappa shape index (κ1) is 11.2. The van der Waals surface area contributed by atoms with Crippen molar-refractivity contribution in [2.75, 3.05) is 33.2 Å². The summed E-state index contributed by atoms with van der Waals surface area (Å²) in [6, 6.07) is 0. The first-order valence-electron chi connectivity index (χ1n) is 4.14. The van der Waals surface area contributed by atoms with Crippen molar-refractivity contribution in [2.45, 2.75) is 0 Å². The quantitative estimate of drug-likeness (QED) is 0.612. The van der Waals surface area contributed by atoms with Crippen LogP contribution in [0, 0.1) is 0 Å². The van der Waals surface area contributed by atoms with Gasteiger partial charge in [-0.05, 0) is 0 Å². The number of amides is 1. The largest absolute Gasteiger partial charge is 0.465 e. The molecule has 0 aromatic rings. The zero-order valence-electron chi connectivity index (χ0n) is 7.80. The van der Waals surface area contributed by atoms with E-state index in [0.717, 1.165) is 0 Å². The molecule has 0 spiro atoms. The van der Waals surface area contributed by atoms with Crippen LogP contribution in [0.2, 0.25) is 0 Å². The molecule has 1 rings (SSSR count). The van der Waals surface area contributed by atoms with E-state index in [2.05, 4.69) is 4.72 Å². The molecule has 0 aliphatic carbocycles. The molecule has 1 aliphatic heterocycles. The Morgan fingerprint density at radius 1 is 1.29 bits per heavy atom. The van der Waals surface area contributed by atoms with Crippen LogP contribution in [-0.4, -0.2) is 62.0 Å². The van der Waals surface area contributed by atoms with E-state index in [9.17, 15) is 13.2 Å². The molecule has 0 atom stereocenters. The van der Waals surface area contributed by atoms with E-state index in [1.54, 1.807) is 0 Å². The van der Waals surface area contributed by atoms with Crippen LogP contribution < -0.4 is 4.72 Å². The third-order valence-corrected chi connectivity index (χ3v) is 3.67. The number of rotatable bonds is 2. The van der Waals surface area contributed by atoms with Crippen LogP contribution in [-0.2, 0) is 10.2 Å². The maximum absolute atomic E-state index is 11.3. The standard InChI is InChI=1S/C6H13N3O4S/c1-7-14(12,13)9-4-2-8(3-5-9)6(10)11/h7H,2-5H2,1H3,(H,10,11). The highest BCUT2D eigenvalue weighted by Crippen LogP contribution is 2.05. The van der Waals surface area contributed by atoms with Gasteiger partial charge in [0.2, 0.25) is 0 Å². The summed E-state index contributed by atoms with van der Waals surface area (Å²) in [5.41, 5.74) is 0. The summed E-state index contributed by atoms with van der Waals surface area (Å²) in [6.45, 7) is 0.845. The molecule has 14 heavy (non-hydrogen) atoms. The van der Waals surface area contributed by atoms with Gasteiger partial charge in [-0.1, -0.05) is 0 Å². The van der Waals surface area contributed by atoms with E-state index in [1.807, 2.05) is 0 Å². The fraction of sp³-hybridized carbons (Fsp3) is 0.833. The summed E-state index contributed by atoms with van der Waals surface area (Å²) in [4.78, 5) is 11.7. The molecule has 0 unspecified atom stereocenters. The highest BCUT2D eigenvalue weighted by Gasteiger charge is 2.27. The first-order chi connectivity index (χ1) is 6.47. The second kappa shape index (κ2) is 4.11. The van der Waals surface area contributed by atoms with Crippen LogP contribution in [0.5, 0.6) is 0 Å². The molecule has 1 aliphatic rings. The minimum atomic E-state index is -3.41. The van der Waals surface area contributed by atoms with Crippen LogP contribution in [0.15, 0.2) is 0 Å². The normalized spacial score (nSPS) is 19.6. The van der Waals surface area contributed by atoms with Crippen molar-refractivity contribution in [3.05, 3.63) is 0 Å². The molecule has 1 amide bonds. The van der Waals surface area contributed by atoms with E-state index in [4.69, 9.17) is 5.11 Å². The molecule has 0 aromatic carbocycles. The zero-order chi connectivity index (χ0) is 10.8. The van der Waals surface area contributed by atoms with E-state index in [0.29, 0.717) is 0 Å². The van der Waals surface area contributed by atoms with Gasteiger partial charge >= 0.3 is 6.09 Å². The van der Waals surface area contributed by atoms with Crippen molar-refractivity contribution in [3.8, 4) is 0 Å². The minimum absolute atomic E-state index is 0.204. The Balaban J connectivity index is 2.56. The molecule has 1 fully saturated rings. The van der Waals surface area contributed by atoms with Gasteiger partial charge < -0.3 is 10.0 Å². The van der Waals surface area contributed by atoms with Crippen molar-refractivity contribution >= 4 is 16.3 Å². The average Bonchev–Trinajstić information content (AvgIpc) is 2.18. The summed E-state index contributed by atoms with van der Waals surface area (Å²) >= 11 is 0. The Morgan fingerprint density at radius 2 is 1.79 bits per heavy atom. The summed E-state index contributed by atoms with van der Waals surface area (Å²) < 4.78 is 26.0. The van der Waals surface area contributed by atoms with E-state index < -0.39 is 16.3 Å². The Labute approximate surface area is 82.5 Å². The first-order valence-corrected chi connectivity index (χ1v) is 5.58. The smallest absolute Gasteiger partial charge is 0.407 e. The Kier molecular flexibility index (Phi) is 3.29. The van der Waals surface area contributed by atoms with Gasteiger partial charge in [0.15, 0.2) is 0 Å². The van der Waals surface area contributed by atoms with Gasteiger partial charge in [0.25, 0.3) is 10.2 Å². The van der Waals surface area contributed by atoms with Gasteiger partial charge in [-0.3, -0.25) is 0 Å². The maximum atomic E-state index is 11.3. The van der Waals surface area contributed by atoms with Crippen LogP contribution in [0.1, 0.15) is 0 Å². The number of carboxylic acid groups (broad SMARTS) is 1. The Morgan fingerprint density at radius 3 is 2.14 bits per heavy atom. The fourth-order valence-corrected chi connectivity index (χ4v) is 2.15. The summed E-state index contributed by atoms with van der Waals surface area (Å²) in [5, 5.41) is 8.63. The monoisotopic (exact) mass is 223 g/mol. The SMILES string of the molecule is CNS(=O)(=O)N1CCN(C(=O)O)CC1. The van der Waals surface area contributed by atoms with Crippen LogP contribution in [0.3, 0.4) is 0 Å². The van der Waals surface area contributed by atoms with Gasteiger partial charge in [0.05, 0.1) is 0 Å². The molecule has 2 N–H and O–H groups in total. The molecule has 1 heterocycles. The minimum Gasteiger partial charge on any atom is -0.465 e. The predicted octanol–water partition coefficient (Wildman–Crippen LogP) is -1.25. The van der Waals surface area contributed by atoms with E-state index in [1.165, 1.54) is 16.3 Å². The molecule has 8 heteroatoms. The fourth-order valence-electron chi connectivity index (χ4n) is 1.25. The van der Waals surface area contributed by atoms with Gasteiger partial charge in [-0.15, -0.1) is 0 Å². The van der Waals surface area contributed by atoms with Gasteiger partial charge in [0.1, 0.15) is 0 Å². The van der Waals surface area contributed by atoms with E-state index >= 15 is 0 Å². The van der Waals surface area contributed by atoms with Crippen LogP contribution in [0.25, 0.3) is 0 Å². The second-order valence-electron chi connectivity index (χ2n) is 2.88. The lowest BCUT2D eigenvalue weighted by atomic mass is 10.4. The molecule has 0 aromatic heterocycles. The lowest BCUT2D eigenvalue weighted by Crippen LogP contribution is -2.52. The molecule has 0 bridgehead atoms. The number of carbonyl (C=O) groups is 1. The van der Waals surface area contributed by atoms with Crippen LogP contribution >= 0.6 is 0 Å². The van der Waals surface area contributed by atoms with Crippen molar-refractivity contribution in [1.82, 2.24) is 13.9 Å². The van der Waals surface area contributed by atoms with Gasteiger partial charge in [-0.2, -0.15) is 12.7 Å². The number of nitrogens with zero attached hydrogens (tertiary/aromatic N) is 2. The Bertz CT molecular complexity index is 307. The van der Waals surface area contributed by atoms with Crippen molar-refractivity contribution in [2.24, 2.45) is 0 Å². The molecular weight excluding hydrogens is 210 g/mol. The number of piperazine rings is 1. The summed E-state index contributed by atoms with van der Waals surface area (Å²) in [7, 11) is -2.07. The van der Waals surface area contributed by atoms with E-state index in [-0.39, 0.29) is 26.2 Å². The summed E-state index contributed by atoms with van der Waals surface area (Å²) in [6.07, 6.45) is -1.01. The molecule has 82 valence electrons. The number of nitrogens with one attached hydrogen (secondary N) is 1. The van der Waals surface area contributed by atoms with Crippen LogP contribution in [0.4, 0.5) is 4.79 Å². The van der Waals surface area contributed by atoms with Gasteiger partial charge in [-0.25, -0.2) is 9.52 Å². The lowest BCUT2D eigenvalue weighted by Gasteiger charge is -2.31. The number of hydrogen-bond acceptors (Lipinski definition) is 3. The molecule has 0 radical (unpaired) electrons. The Hall–Kier alpha value is -0.860. The maximum Gasteiger partial charge on any atom is 0.407 e. The average molecular weight is 223 g/mol. The topological polar surface area (TPSA) is 90.0 Å². The summed E-state index contributed by atoms with van der Waals surface area (Å²) in [5.74, 6) is 0. The third-order valence-electron chi connectivity index (χ3n) is 2.11. The molecule has 0 saturated carbocycles. The molecule has 7 nitrogen and oxygen atoms in total. The highest BCUT2D eigenvalue weighted by atomic mass is 32.2. The van der Waals surface area contributed by atoms with Crippen molar-refractivity contribution in [3.63, 3.8) is 0 Å². The molecule has 1 saturated heterocycles. The predicted molar refractivity (Wildman–Crippen MR) is 49.2 cm³/mol. The second-order valence-corrected chi connectivity index (χ2v) is 4.75. The van der Waals surface area contributed by atoms with Gasteiger partial charge in [0, 0.05) is 33.2 Å². The zero-order valence-corrected chi connectivity index (χ0v) is 8.62. The van der Waals surface area contributed by atoms with Crippen molar-refractivity contribution in [1.29, 1.82) is 0 Å². The molecular formula is C6H13N3O4S. The highest BCUT2D eigenvalue weighted by molar-refractivity contribution is 7.87. The van der Waals surface area contributed by atoms with Crippen molar-refractivity contribution < 1.29 is 18.3 Å². The third kappa shape index (κ3) is 2.34. The number of hydrogen-bond donors (Lipinski definition) is 2.